The molecule has 0 N–H and O–H groups in total. The van der Waals surface area contributed by atoms with Gasteiger partial charge in [0, 0.05) is 11.5 Å². The Morgan fingerprint density at radius 1 is 1.15 bits per heavy atom. The van der Waals surface area contributed by atoms with Crippen LogP contribution in [0.1, 0.15) is 75.6 Å². The van der Waals surface area contributed by atoms with Crippen LogP contribution < -0.4 is 0 Å². The molecule has 2 bridgehead atoms. The second-order valence-corrected chi connectivity index (χ2v) is 8.92. The maximum Gasteiger partial charge on any atom is 0.316 e. The van der Waals surface area contributed by atoms with Gasteiger partial charge in [-0.05, 0) is 108 Å². The molecule has 1 aromatic rings. The van der Waals surface area contributed by atoms with E-state index in [0.29, 0.717) is 5.92 Å². The van der Waals surface area contributed by atoms with Gasteiger partial charge in [-0.25, -0.2) is 0 Å². The van der Waals surface area contributed by atoms with E-state index in [-0.39, 0.29) is 5.97 Å². The van der Waals surface area contributed by atoms with Crippen molar-refractivity contribution < 1.29 is 9.53 Å². The minimum Gasteiger partial charge on any atom is -0.430 e. The van der Waals surface area contributed by atoms with E-state index in [2.05, 4.69) is 37.8 Å². The number of rotatable bonds is 2. The summed E-state index contributed by atoms with van der Waals surface area (Å²) in [6.45, 7) is 11.9. The first kappa shape index (κ1) is 18.8. The number of hydrogen-bond donors (Lipinski definition) is 0. The highest BCUT2D eigenvalue weighted by molar-refractivity contribution is 5.81. The molecule has 0 aromatic heterocycles. The van der Waals surface area contributed by atoms with Crippen molar-refractivity contribution in [3.63, 3.8) is 0 Å². The molecule has 3 rings (SSSR count). The van der Waals surface area contributed by atoms with Gasteiger partial charge in [-0.2, -0.15) is 0 Å². The zero-order chi connectivity index (χ0) is 19.1. The molecule has 0 aliphatic heterocycles. The summed E-state index contributed by atoms with van der Waals surface area (Å²) in [6.07, 6.45) is 4.55. The Labute approximate surface area is 158 Å². The predicted octanol–water partition coefficient (Wildman–Crippen LogP) is 5.80. The fraction of sp³-hybridized carbons (Fsp3) is 0.542. The Morgan fingerprint density at radius 2 is 1.81 bits per heavy atom. The number of esters is 1. The van der Waals surface area contributed by atoms with Gasteiger partial charge >= 0.3 is 5.97 Å². The fourth-order valence-electron chi connectivity index (χ4n) is 4.41. The van der Waals surface area contributed by atoms with Crippen molar-refractivity contribution in [2.45, 2.75) is 67.2 Å². The number of allylic oxidation sites excluding steroid dienone is 2. The lowest BCUT2D eigenvalue weighted by Gasteiger charge is -2.29. The van der Waals surface area contributed by atoms with Crippen LogP contribution in [0.2, 0.25) is 0 Å². The van der Waals surface area contributed by atoms with Crippen LogP contribution in [0.25, 0.3) is 5.57 Å². The molecular weight excluding hydrogens is 320 g/mol. The Bertz CT molecular complexity index is 801. The van der Waals surface area contributed by atoms with E-state index in [0.717, 1.165) is 36.5 Å². The van der Waals surface area contributed by atoms with Gasteiger partial charge < -0.3 is 4.74 Å². The van der Waals surface area contributed by atoms with Gasteiger partial charge in [0.05, 0.1) is 5.41 Å². The number of carbonyl (C=O) groups excluding carboxylic acids is 1. The topological polar surface area (TPSA) is 26.3 Å². The number of carbonyl (C=O) groups is 1. The van der Waals surface area contributed by atoms with Gasteiger partial charge in [0.1, 0.15) is 5.76 Å². The van der Waals surface area contributed by atoms with Gasteiger partial charge in [-0.15, -0.1) is 5.92 Å². The monoisotopic (exact) mass is 350 g/mol. The number of hydrogen-bond acceptors (Lipinski definition) is 2. The zero-order valence-electron chi connectivity index (χ0n) is 17.0. The molecule has 0 heterocycles. The highest BCUT2D eigenvalue weighted by Crippen LogP contribution is 2.50. The van der Waals surface area contributed by atoms with E-state index >= 15 is 0 Å². The van der Waals surface area contributed by atoms with E-state index in [1.54, 1.807) is 0 Å². The van der Waals surface area contributed by atoms with Crippen LogP contribution in [0.3, 0.4) is 0 Å². The highest BCUT2D eigenvalue weighted by atomic mass is 16.5. The smallest absolute Gasteiger partial charge is 0.316 e. The molecular formula is C24H30O2. The average molecular weight is 351 g/mol. The SMILES string of the molecule is CC#Cc1cc(C)c(C2=C(OC(=O)C(C)(C)C)C3CCC(C2)C3)c(C)c1. The summed E-state index contributed by atoms with van der Waals surface area (Å²) in [5.74, 6) is 8.08. The maximum atomic E-state index is 12.6. The largest absolute Gasteiger partial charge is 0.430 e. The van der Waals surface area contributed by atoms with Crippen molar-refractivity contribution in [1.82, 2.24) is 0 Å². The van der Waals surface area contributed by atoms with Crippen LogP contribution >= 0.6 is 0 Å². The van der Waals surface area contributed by atoms with Crippen LogP contribution in [-0.2, 0) is 9.53 Å². The molecule has 0 spiro atoms. The lowest BCUT2D eigenvalue weighted by molar-refractivity contribution is -0.149. The van der Waals surface area contributed by atoms with Gasteiger partial charge in [-0.3, -0.25) is 4.79 Å². The van der Waals surface area contributed by atoms with Gasteiger partial charge in [0.15, 0.2) is 0 Å². The van der Waals surface area contributed by atoms with Crippen molar-refractivity contribution in [3.8, 4) is 11.8 Å². The minimum atomic E-state index is -0.488. The molecule has 138 valence electrons. The normalized spacial score (nSPS) is 22.1. The lowest BCUT2D eigenvalue weighted by Crippen LogP contribution is -2.26. The summed E-state index contributed by atoms with van der Waals surface area (Å²) in [6, 6.07) is 4.32. The molecule has 1 fully saturated rings. The number of benzene rings is 1. The third kappa shape index (κ3) is 3.58. The van der Waals surface area contributed by atoms with Crippen molar-refractivity contribution in [2.24, 2.45) is 17.3 Å². The molecule has 0 radical (unpaired) electrons. The van der Waals surface area contributed by atoms with Crippen LogP contribution in [0.5, 0.6) is 0 Å². The summed E-state index contributed by atoms with van der Waals surface area (Å²) >= 11 is 0. The number of fused-ring (bicyclic) bond motifs is 2. The molecule has 2 atom stereocenters. The first-order valence-electron chi connectivity index (χ1n) is 9.70. The summed E-state index contributed by atoms with van der Waals surface area (Å²) in [5.41, 5.74) is 5.54. The third-order valence-corrected chi connectivity index (χ3v) is 5.62. The third-order valence-electron chi connectivity index (χ3n) is 5.62. The van der Waals surface area contributed by atoms with Crippen molar-refractivity contribution >= 4 is 11.5 Å². The maximum absolute atomic E-state index is 12.6. The first-order chi connectivity index (χ1) is 12.2. The molecule has 2 heteroatoms. The highest BCUT2D eigenvalue weighted by Gasteiger charge is 2.39. The molecule has 26 heavy (non-hydrogen) atoms. The first-order valence-corrected chi connectivity index (χ1v) is 9.70. The van der Waals surface area contributed by atoms with E-state index in [4.69, 9.17) is 4.74 Å². The van der Waals surface area contributed by atoms with Crippen molar-refractivity contribution in [1.29, 1.82) is 0 Å². The molecule has 2 aliphatic carbocycles. The average Bonchev–Trinajstić information content (AvgIpc) is 2.92. The summed E-state index contributed by atoms with van der Waals surface area (Å²) in [5, 5.41) is 0. The van der Waals surface area contributed by atoms with Crippen molar-refractivity contribution in [3.05, 3.63) is 40.1 Å². The standard InChI is InChI=1S/C24H30O2/c1-7-8-17-11-15(2)21(16(3)12-17)20-14-18-9-10-19(13-18)22(20)26-23(25)24(4,5)6/h11-12,18-19H,9-10,13-14H2,1-6H3. The molecule has 2 aliphatic rings. The predicted molar refractivity (Wildman–Crippen MR) is 106 cm³/mol. The van der Waals surface area contributed by atoms with E-state index < -0.39 is 5.41 Å². The molecule has 2 nitrogen and oxygen atoms in total. The molecule has 1 saturated carbocycles. The van der Waals surface area contributed by atoms with Gasteiger partial charge in [0.25, 0.3) is 0 Å². The summed E-state index contributed by atoms with van der Waals surface area (Å²) in [7, 11) is 0. The summed E-state index contributed by atoms with van der Waals surface area (Å²) in [4.78, 5) is 12.6. The minimum absolute atomic E-state index is 0.126. The molecule has 1 aromatic carbocycles. The quantitative estimate of drug-likeness (QED) is 0.498. The van der Waals surface area contributed by atoms with E-state index in [1.165, 1.54) is 28.7 Å². The van der Waals surface area contributed by atoms with Gasteiger partial charge in [0.2, 0.25) is 0 Å². The van der Waals surface area contributed by atoms with Crippen LogP contribution in [0.4, 0.5) is 0 Å². The Hall–Kier alpha value is -2.01. The number of ether oxygens (including phenoxy) is 1. The van der Waals surface area contributed by atoms with Gasteiger partial charge in [-0.1, -0.05) is 5.92 Å². The Morgan fingerprint density at radius 3 is 2.38 bits per heavy atom. The van der Waals surface area contributed by atoms with Crippen LogP contribution in [0.15, 0.2) is 17.9 Å². The second kappa shape index (κ2) is 6.95. The van der Waals surface area contributed by atoms with Crippen molar-refractivity contribution in [2.75, 3.05) is 0 Å². The number of aryl methyl sites for hydroxylation is 2. The second-order valence-electron chi connectivity index (χ2n) is 8.92. The zero-order valence-corrected chi connectivity index (χ0v) is 17.0. The van der Waals surface area contributed by atoms with Crippen LogP contribution in [-0.4, -0.2) is 5.97 Å². The Kier molecular flexibility index (Phi) is 5.02. The lowest BCUT2D eigenvalue weighted by atomic mass is 9.81. The Balaban J connectivity index is 2.10. The van der Waals surface area contributed by atoms with Crippen LogP contribution in [0, 0.1) is 42.9 Å². The van der Waals surface area contributed by atoms with E-state index in [1.807, 2.05) is 27.7 Å². The molecule has 0 saturated heterocycles. The molecule has 0 amide bonds. The molecule has 2 unspecified atom stereocenters. The fourth-order valence-corrected chi connectivity index (χ4v) is 4.41. The summed E-state index contributed by atoms with van der Waals surface area (Å²) < 4.78 is 6.05. The van der Waals surface area contributed by atoms with E-state index in [9.17, 15) is 4.79 Å².